The minimum atomic E-state index is -0.345. The van der Waals surface area contributed by atoms with Crippen LogP contribution in [0.3, 0.4) is 0 Å². The number of carbonyl (C=O) groups is 2. The molecule has 524 valence electrons. The zero-order chi connectivity index (χ0) is 73.8. The second-order valence-electron chi connectivity index (χ2n) is 21.7. The Morgan fingerprint density at radius 1 is 0.495 bits per heavy atom. The number of hydrogen-bond acceptors (Lipinski definition) is 19. The normalized spacial score (nSPS) is 11.0. The number of nitrogens with one attached hydrogen (secondary N) is 3. The van der Waals surface area contributed by atoms with Crippen LogP contribution in [-0.2, 0) is 19.9 Å². The van der Waals surface area contributed by atoms with Gasteiger partial charge in [0.25, 0.3) is 11.8 Å². The Balaban J connectivity index is 0.000000139. The van der Waals surface area contributed by atoms with Gasteiger partial charge in [0.05, 0.1) is 91.9 Å². The molecule has 9 N–H and O–H groups in total. The Hall–Kier alpha value is -10.0. The molecule has 0 saturated heterocycles. The number of phenols is 5. The van der Waals surface area contributed by atoms with Crippen molar-refractivity contribution in [3.63, 3.8) is 0 Å². The fourth-order valence-corrected chi connectivity index (χ4v) is 12.3. The number of nitrogens with zero attached hydrogens (tertiary/aromatic N) is 12. The van der Waals surface area contributed by atoms with Gasteiger partial charge >= 0.3 is 0 Å². The highest BCUT2D eigenvalue weighted by Gasteiger charge is 2.19. The number of rotatable bonds is 12. The van der Waals surface area contributed by atoms with E-state index in [2.05, 4.69) is 65.6 Å². The highest BCUT2D eigenvalue weighted by atomic mass is 35.5. The first kappa shape index (κ1) is 75.6. The molecule has 103 heavy (non-hydrogen) atoms. The summed E-state index contributed by atoms with van der Waals surface area (Å²) >= 11 is 59.7. The van der Waals surface area contributed by atoms with E-state index in [1.807, 2.05) is 78.3 Å². The molecular weight excluding hydrogens is 1530 g/mol. The number of aryl methyl sites for hydroxylation is 1. The van der Waals surface area contributed by atoms with Crippen LogP contribution in [0.25, 0.3) is 65.9 Å². The molecule has 9 heterocycles. The molecule has 0 aliphatic rings. The molecule has 5 aromatic carbocycles. The summed E-state index contributed by atoms with van der Waals surface area (Å²) < 4.78 is 1.85. The average Bonchev–Trinajstić information content (AvgIpc) is 1.10. The summed E-state index contributed by atoms with van der Waals surface area (Å²) in [6.45, 7) is 0.862. The fraction of sp³-hybridized carbons (Fsp3) is 0.0857. The van der Waals surface area contributed by atoms with Crippen LogP contribution in [0, 0.1) is 0 Å². The first-order chi connectivity index (χ1) is 49.4. The molecule has 0 aliphatic carbocycles. The minimum Gasteiger partial charge on any atom is -0.504 e. The molecule has 0 unspecified atom stereocenters. The van der Waals surface area contributed by atoms with Gasteiger partial charge in [-0.2, -0.15) is 0 Å². The summed E-state index contributed by atoms with van der Waals surface area (Å²) in [5.74, 6) is 0.00913. The minimum absolute atomic E-state index is 0.0705. The van der Waals surface area contributed by atoms with E-state index in [1.165, 1.54) is 30.3 Å². The monoisotopic (exact) mass is 1580 g/mol. The van der Waals surface area contributed by atoms with Gasteiger partial charge in [0.1, 0.15) is 50.6 Å². The number of aromatic nitrogens is 11. The number of carbonyl (C=O) groups excluding carboxylic acids is 2. The quantitative estimate of drug-likeness (QED) is 0.0312. The van der Waals surface area contributed by atoms with Crippen LogP contribution in [0.2, 0.25) is 50.2 Å². The molecule has 23 nitrogen and oxygen atoms in total. The van der Waals surface area contributed by atoms with Gasteiger partial charge < -0.3 is 55.8 Å². The van der Waals surface area contributed by atoms with Crippen molar-refractivity contribution in [3.05, 3.63) is 244 Å². The van der Waals surface area contributed by atoms with Gasteiger partial charge in [-0.3, -0.25) is 14.6 Å². The molecule has 0 radical (unpaired) electrons. The van der Waals surface area contributed by atoms with Crippen LogP contribution in [0.4, 0.5) is 11.6 Å². The van der Waals surface area contributed by atoms with E-state index in [0.717, 1.165) is 29.1 Å². The second-order valence-corrected chi connectivity index (χ2v) is 25.8. The number of imidazole rings is 2. The van der Waals surface area contributed by atoms with Crippen molar-refractivity contribution in [2.75, 3.05) is 25.0 Å². The number of hydrogen-bond donors (Lipinski definition) is 9. The number of H-pyrrole nitrogens is 1. The van der Waals surface area contributed by atoms with Gasteiger partial charge in [-0.25, -0.2) is 39.9 Å². The fourth-order valence-electron chi connectivity index (χ4n) is 9.73. The lowest BCUT2D eigenvalue weighted by Crippen LogP contribution is -2.26. The number of oxime groups is 1. The number of aromatic amines is 1. The molecule has 0 spiro atoms. The van der Waals surface area contributed by atoms with Crippen LogP contribution in [0.1, 0.15) is 38.1 Å². The van der Waals surface area contributed by atoms with Crippen molar-refractivity contribution in [1.82, 2.24) is 65.0 Å². The highest BCUT2D eigenvalue weighted by Crippen LogP contribution is 2.42. The molecule has 0 saturated carbocycles. The molecule has 9 aromatic heterocycles. The van der Waals surface area contributed by atoms with Crippen molar-refractivity contribution in [1.29, 1.82) is 0 Å². The van der Waals surface area contributed by atoms with E-state index in [4.69, 9.17) is 121 Å². The summed E-state index contributed by atoms with van der Waals surface area (Å²) in [6.07, 6.45) is 12.7. The first-order valence-corrected chi connectivity index (χ1v) is 33.8. The van der Waals surface area contributed by atoms with Gasteiger partial charge in [-0.15, -0.1) is 0 Å². The van der Waals surface area contributed by atoms with E-state index in [-0.39, 0.29) is 93.6 Å². The van der Waals surface area contributed by atoms with Crippen molar-refractivity contribution in [2.24, 2.45) is 12.2 Å². The molecule has 0 atom stereocenters. The molecule has 14 aromatic rings. The summed E-state index contributed by atoms with van der Waals surface area (Å²) in [7, 11) is 3.73. The Labute approximate surface area is 634 Å². The topological polar surface area (TPSA) is 332 Å². The van der Waals surface area contributed by atoms with Crippen LogP contribution in [-0.4, -0.2) is 123 Å². The van der Waals surface area contributed by atoms with E-state index in [0.29, 0.717) is 106 Å². The summed E-state index contributed by atoms with van der Waals surface area (Å²) in [5, 5.41) is 72.2. The molecule has 33 heteroatoms. The van der Waals surface area contributed by atoms with E-state index < -0.39 is 0 Å². The average molecular weight is 1580 g/mol. The van der Waals surface area contributed by atoms with Crippen LogP contribution in [0.5, 0.6) is 28.7 Å². The number of anilines is 2. The zero-order valence-electron chi connectivity index (χ0n) is 53.1. The van der Waals surface area contributed by atoms with Crippen molar-refractivity contribution in [2.45, 2.75) is 12.8 Å². The molecule has 0 fully saturated rings. The summed E-state index contributed by atoms with van der Waals surface area (Å²) in [5.41, 5.74) is 5.35. The Morgan fingerprint density at radius 2 is 0.942 bits per heavy atom. The highest BCUT2D eigenvalue weighted by molar-refractivity contribution is 6.42. The van der Waals surface area contributed by atoms with Crippen LogP contribution in [0.15, 0.2) is 170 Å². The largest absolute Gasteiger partial charge is 0.504 e. The second kappa shape index (κ2) is 34.3. The maximum absolute atomic E-state index is 12.2. The van der Waals surface area contributed by atoms with Crippen LogP contribution >= 0.6 is 116 Å². The van der Waals surface area contributed by atoms with E-state index in [9.17, 15) is 35.1 Å². The SMILES string of the molecule is CN(c1ccccn1)c1ccc2c(Cl)cc(Cl)c(O)c2n1.Cn1cnc(CCNC(=O)c2ccc3c(Cl)cc(Cl)c(O)c3n2)c1.O/N=C/c1ccc2c(Cl)cc(Cl)c(O)c2n1.O=C(NCCc1cnc[nH]1)c1ccc2c(Cl)cc(Cl)c(O)c2n1.Oc1c(Cl)cc(Cl)c2ccc(-c3ccccn3)nc12. The zero-order valence-corrected chi connectivity index (χ0v) is 60.7. The number of fused-ring (bicyclic) bond motifs is 5. The van der Waals surface area contributed by atoms with Crippen molar-refractivity contribution in [3.8, 4) is 40.1 Å². The Kier molecular flexibility index (Phi) is 25.2. The predicted octanol–water partition coefficient (Wildman–Crippen LogP) is 17.7. The predicted molar refractivity (Wildman–Crippen MR) is 406 cm³/mol. The third-order valence-corrected chi connectivity index (χ3v) is 17.9. The number of benzene rings is 5. The number of pyridine rings is 7. The maximum atomic E-state index is 12.2. The van der Waals surface area contributed by atoms with Crippen LogP contribution < -0.4 is 15.5 Å². The standard InChI is InChI=1S/C16H14Cl2N4O2.C15H12Cl2N4O2.C15H11Cl2N3O.C14H8Cl2N2O.C10H6Cl2N2O2/c1-22-7-9(20-8-22)4-5-19-16(24)13-3-2-10-11(17)6-12(18)15(23)14(10)21-13;16-10-5-11(17)14(22)13-9(10)1-2-12(21-13)15(23)19-4-3-8-6-18-7-20-8;1-20(12-4-2-3-7-18-12)13-6-5-9-10(16)8-11(17)15(21)14(9)19-13;15-9-7-10(16)14(19)13-8(9)4-5-12(18-13)11-3-1-2-6-17-11;11-7-3-8(12)10(15)9-6(7)2-1-5(14-9)4-13-16/h2-3,6-8,23H,4-5H2,1H3,(H,19,24);1-2,5-7,22H,3-4H2,(H,18,20)(H,19,23);2-8,21H,1H3;1-7,19H;1-4,15-16H/b;;;;13-4+. The van der Waals surface area contributed by atoms with Gasteiger partial charge in [0.15, 0.2) is 28.7 Å². The van der Waals surface area contributed by atoms with Gasteiger partial charge in [0.2, 0.25) is 0 Å². The van der Waals surface area contributed by atoms with Gasteiger partial charge in [-0.1, -0.05) is 133 Å². The summed E-state index contributed by atoms with van der Waals surface area (Å²) in [6, 6.07) is 35.4. The Morgan fingerprint density at radius 3 is 1.39 bits per heavy atom. The lowest BCUT2D eigenvalue weighted by molar-refractivity contribution is 0.0941. The van der Waals surface area contributed by atoms with Gasteiger partial charge in [0, 0.05) is 97.4 Å². The third-order valence-electron chi connectivity index (χ3n) is 14.9. The van der Waals surface area contributed by atoms with E-state index >= 15 is 0 Å². The van der Waals surface area contributed by atoms with Crippen molar-refractivity contribution < 1.29 is 40.3 Å². The lowest BCUT2D eigenvalue weighted by Gasteiger charge is -2.17. The maximum Gasteiger partial charge on any atom is 0.269 e. The Bertz CT molecular complexity index is 5500. The smallest absolute Gasteiger partial charge is 0.269 e. The molecular formula is C70H51Cl10N15O8. The van der Waals surface area contributed by atoms with Crippen molar-refractivity contribution >= 4 is 200 Å². The number of aromatic hydroxyl groups is 5. The number of amides is 2. The molecule has 0 aliphatic heterocycles. The molecule has 14 rings (SSSR count). The summed E-state index contributed by atoms with van der Waals surface area (Å²) in [4.78, 5) is 66.9. The number of halogens is 10. The molecule has 2 amide bonds. The number of phenolic OH excluding ortho intramolecular Hbond substituents is 5. The van der Waals surface area contributed by atoms with Gasteiger partial charge in [-0.05, 0) is 115 Å². The molecule has 0 bridgehead atoms. The van der Waals surface area contributed by atoms with E-state index in [1.54, 1.807) is 79.8 Å². The lowest BCUT2D eigenvalue weighted by atomic mass is 10.1. The first-order valence-electron chi connectivity index (χ1n) is 30.0. The third kappa shape index (κ3) is 18.3.